The molecule has 0 N–H and O–H groups in total. The van der Waals surface area contributed by atoms with Crippen molar-refractivity contribution in [1.82, 2.24) is 0 Å². The van der Waals surface area contributed by atoms with Gasteiger partial charge in [0.05, 0.1) is 0 Å². The highest BCUT2D eigenvalue weighted by Gasteiger charge is 2.49. The summed E-state index contributed by atoms with van der Waals surface area (Å²) in [6, 6.07) is 4.26. The second-order valence-electron chi connectivity index (χ2n) is 4.36. The molecule has 2 rings (SSSR count). The lowest BCUT2D eigenvalue weighted by Gasteiger charge is -2.11. The summed E-state index contributed by atoms with van der Waals surface area (Å²) in [5, 5.41) is 0. The summed E-state index contributed by atoms with van der Waals surface area (Å²) < 4.78 is 25.7. The van der Waals surface area contributed by atoms with Crippen LogP contribution in [0, 0.1) is 17.6 Å². The molecule has 0 aliphatic heterocycles. The second kappa shape index (κ2) is 3.04. The molecular formula is C12H14F2. The van der Waals surface area contributed by atoms with Gasteiger partial charge in [-0.25, -0.2) is 8.78 Å². The molecule has 76 valence electrons. The van der Waals surface area contributed by atoms with Crippen LogP contribution in [0.3, 0.4) is 0 Å². The van der Waals surface area contributed by atoms with E-state index < -0.39 is 11.6 Å². The topological polar surface area (TPSA) is 0 Å². The van der Waals surface area contributed by atoms with E-state index in [2.05, 4.69) is 13.8 Å². The maximum atomic E-state index is 13.0. The second-order valence-corrected chi connectivity index (χ2v) is 4.36. The van der Waals surface area contributed by atoms with Gasteiger partial charge >= 0.3 is 0 Å². The van der Waals surface area contributed by atoms with Gasteiger partial charge in [-0.2, -0.15) is 0 Å². The van der Waals surface area contributed by atoms with Crippen molar-refractivity contribution >= 4 is 0 Å². The molecule has 1 aromatic carbocycles. The SMILES string of the molecule is CCC1C[C@@]1(C)c1ccc(F)c(F)c1. The molecule has 14 heavy (non-hydrogen) atoms. The quantitative estimate of drug-likeness (QED) is 0.677. The lowest BCUT2D eigenvalue weighted by Crippen LogP contribution is -2.05. The fourth-order valence-corrected chi connectivity index (χ4v) is 2.25. The first-order valence-corrected chi connectivity index (χ1v) is 5.03. The molecular weight excluding hydrogens is 182 g/mol. The van der Waals surface area contributed by atoms with Crippen molar-refractivity contribution in [1.29, 1.82) is 0 Å². The number of hydrogen-bond acceptors (Lipinski definition) is 0. The molecule has 1 aliphatic rings. The van der Waals surface area contributed by atoms with Crippen LogP contribution in [0.25, 0.3) is 0 Å². The van der Waals surface area contributed by atoms with Crippen LogP contribution in [0.4, 0.5) is 8.78 Å². The maximum absolute atomic E-state index is 13.0. The van der Waals surface area contributed by atoms with Crippen molar-refractivity contribution in [2.45, 2.75) is 32.1 Å². The van der Waals surface area contributed by atoms with E-state index in [9.17, 15) is 8.78 Å². The molecule has 1 aliphatic carbocycles. The molecule has 0 bridgehead atoms. The standard InChI is InChI=1S/C12H14F2/c1-3-8-7-12(8,2)9-4-5-10(13)11(14)6-9/h4-6,8H,3,7H2,1-2H3/t8?,12-/m1/s1. The summed E-state index contributed by atoms with van der Waals surface area (Å²) >= 11 is 0. The molecule has 0 nitrogen and oxygen atoms in total. The van der Waals surface area contributed by atoms with Gasteiger partial charge in [0, 0.05) is 0 Å². The largest absolute Gasteiger partial charge is 0.204 e. The third-order valence-electron chi connectivity index (χ3n) is 3.48. The fraction of sp³-hybridized carbons (Fsp3) is 0.500. The Hall–Kier alpha value is -0.920. The number of benzene rings is 1. The highest BCUT2D eigenvalue weighted by Crippen LogP contribution is 2.55. The Labute approximate surface area is 82.9 Å². The molecule has 1 aromatic rings. The van der Waals surface area contributed by atoms with Crippen molar-refractivity contribution in [2.24, 2.45) is 5.92 Å². The van der Waals surface area contributed by atoms with E-state index in [0.717, 1.165) is 18.4 Å². The summed E-state index contributed by atoms with van der Waals surface area (Å²) in [4.78, 5) is 0. The predicted molar refractivity (Wildman–Crippen MR) is 52.1 cm³/mol. The Balaban J connectivity index is 2.31. The highest BCUT2D eigenvalue weighted by molar-refractivity contribution is 5.33. The van der Waals surface area contributed by atoms with Gasteiger partial charge in [0.25, 0.3) is 0 Å². The van der Waals surface area contributed by atoms with Crippen molar-refractivity contribution in [3.8, 4) is 0 Å². The molecule has 0 saturated heterocycles. The molecule has 0 heterocycles. The third kappa shape index (κ3) is 1.33. The van der Waals surface area contributed by atoms with E-state index in [1.165, 1.54) is 12.1 Å². The summed E-state index contributed by atoms with van der Waals surface area (Å²) in [6.07, 6.45) is 2.20. The van der Waals surface area contributed by atoms with Gasteiger partial charge in [-0.05, 0) is 35.4 Å². The van der Waals surface area contributed by atoms with Crippen LogP contribution in [0.15, 0.2) is 18.2 Å². The van der Waals surface area contributed by atoms with Crippen LogP contribution in [0.5, 0.6) is 0 Å². The van der Waals surface area contributed by atoms with E-state index >= 15 is 0 Å². The van der Waals surface area contributed by atoms with Gasteiger partial charge in [0.1, 0.15) is 0 Å². The first kappa shape index (κ1) is 9.63. The lowest BCUT2D eigenvalue weighted by molar-refractivity contribution is 0.503. The zero-order chi connectivity index (χ0) is 10.3. The predicted octanol–water partition coefficient (Wildman–Crippen LogP) is 3.65. The Morgan fingerprint density at radius 3 is 2.57 bits per heavy atom. The minimum Gasteiger partial charge on any atom is -0.204 e. The monoisotopic (exact) mass is 196 g/mol. The lowest BCUT2D eigenvalue weighted by atomic mass is 9.94. The Morgan fingerprint density at radius 2 is 2.07 bits per heavy atom. The molecule has 2 atom stereocenters. The highest BCUT2D eigenvalue weighted by atomic mass is 19.2. The first-order chi connectivity index (χ1) is 6.58. The van der Waals surface area contributed by atoms with Gasteiger partial charge in [-0.3, -0.25) is 0 Å². The van der Waals surface area contributed by atoms with Crippen LogP contribution >= 0.6 is 0 Å². The molecule has 1 fully saturated rings. The summed E-state index contributed by atoms with van der Waals surface area (Å²) in [7, 11) is 0. The fourth-order valence-electron chi connectivity index (χ4n) is 2.25. The average Bonchev–Trinajstić information content (AvgIpc) is 2.83. The maximum Gasteiger partial charge on any atom is 0.159 e. The first-order valence-electron chi connectivity index (χ1n) is 5.03. The smallest absolute Gasteiger partial charge is 0.159 e. The van der Waals surface area contributed by atoms with Gasteiger partial charge in [-0.15, -0.1) is 0 Å². The number of rotatable bonds is 2. The van der Waals surface area contributed by atoms with E-state index in [1.54, 1.807) is 6.07 Å². The Kier molecular flexibility index (Phi) is 2.09. The van der Waals surface area contributed by atoms with E-state index in [4.69, 9.17) is 0 Å². The molecule has 0 radical (unpaired) electrons. The van der Waals surface area contributed by atoms with Gasteiger partial charge in [-0.1, -0.05) is 26.3 Å². The van der Waals surface area contributed by atoms with Gasteiger partial charge in [0.15, 0.2) is 11.6 Å². The van der Waals surface area contributed by atoms with E-state index in [-0.39, 0.29) is 5.41 Å². The molecule has 1 saturated carbocycles. The summed E-state index contributed by atoms with van der Waals surface area (Å²) in [5.41, 5.74) is 1.02. The number of hydrogen-bond donors (Lipinski definition) is 0. The van der Waals surface area contributed by atoms with Crippen molar-refractivity contribution in [2.75, 3.05) is 0 Å². The van der Waals surface area contributed by atoms with Crippen LogP contribution < -0.4 is 0 Å². The number of halogens is 2. The van der Waals surface area contributed by atoms with Gasteiger partial charge in [0.2, 0.25) is 0 Å². The minimum atomic E-state index is -0.758. The normalized spacial score (nSPS) is 30.4. The van der Waals surface area contributed by atoms with Gasteiger partial charge < -0.3 is 0 Å². The molecule has 0 aromatic heterocycles. The summed E-state index contributed by atoms with van der Waals surface area (Å²) in [5.74, 6) is -0.858. The average molecular weight is 196 g/mol. The molecule has 2 heteroatoms. The Morgan fingerprint density at radius 1 is 1.36 bits per heavy atom. The third-order valence-corrected chi connectivity index (χ3v) is 3.48. The van der Waals surface area contributed by atoms with Crippen molar-refractivity contribution in [3.63, 3.8) is 0 Å². The molecule has 0 spiro atoms. The summed E-state index contributed by atoms with van der Waals surface area (Å²) in [6.45, 7) is 4.25. The molecule has 0 amide bonds. The van der Waals surface area contributed by atoms with Crippen molar-refractivity contribution in [3.05, 3.63) is 35.4 Å². The molecule has 1 unspecified atom stereocenters. The zero-order valence-electron chi connectivity index (χ0n) is 8.48. The van der Waals surface area contributed by atoms with Crippen LogP contribution in [0.1, 0.15) is 32.3 Å². The van der Waals surface area contributed by atoms with E-state index in [0.29, 0.717) is 5.92 Å². The van der Waals surface area contributed by atoms with Crippen LogP contribution in [-0.2, 0) is 5.41 Å². The van der Waals surface area contributed by atoms with Crippen LogP contribution in [0.2, 0.25) is 0 Å². The van der Waals surface area contributed by atoms with Crippen LogP contribution in [-0.4, -0.2) is 0 Å². The van der Waals surface area contributed by atoms with Crippen molar-refractivity contribution < 1.29 is 8.78 Å². The Bertz CT molecular complexity index is 359. The zero-order valence-corrected chi connectivity index (χ0v) is 8.48. The minimum absolute atomic E-state index is 0.0866. The van der Waals surface area contributed by atoms with E-state index in [1.807, 2.05) is 0 Å².